The number of hydrogen-bond donors (Lipinski definition) is 1. The quantitative estimate of drug-likeness (QED) is 0.485. The summed E-state index contributed by atoms with van der Waals surface area (Å²) in [4.78, 5) is 57.3. The fourth-order valence-electron chi connectivity index (χ4n) is 6.86. The number of piperazine rings is 1. The van der Waals surface area contributed by atoms with E-state index in [0.29, 0.717) is 62.0 Å². The van der Waals surface area contributed by atoms with E-state index in [0.717, 1.165) is 29.9 Å². The van der Waals surface area contributed by atoms with Crippen molar-refractivity contribution in [1.29, 1.82) is 0 Å². The Kier molecular flexibility index (Phi) is 7.82. The summed E-state index contributed by atoms with van der Waals surface area (Å²) in [6.45, 7) is 12.1. The van der Waals surface area contributed by atoms with Gasteiger partial charge in [0.25, 0.3) is 17.4 Å². The third kappa shape index (κ3) is 5.87. The number of nitrogens with one attached hydrogen (secondary N) is 1. The summed E-state index contributed by atoms with van der Waals surface area (Å²) in [6.07, 6.45) is 1.02. The van der Waals surface area contributed by atoms with Crippen molar-refractivity contribution in [3.8, 4) is 0 Å². The number of aromatic nitrogens is 1. The summed E-state index contributed by atoms with van der Waals surface area (Å²) in [5.74, 6) is 0.160. The minimum atomic E-state index is -0.236. The molecule has 2 unspecified atom stereocenters. The largest absolute Gasteiger partial charge is 0.369 e. The smallest absolute Gasteiger partial charge is 0.255 e. The SMILES string of the molecule is CC(=O)N1CCN(C(=O)c2ccc(N3CC4CC(C3)c3cccc(=O)n3C4)c(NC(=O)c3ccc(C(C)(C)C)cc3)c2)CC1. The van der Waals surface area contributed by atoms with E-state index >= 15 is 0 Å². The lowest BCUT2D eigenvalue weighted by Gasteiger charge is -2.44. The highest BCUT2D eigenvalue weighted by Gasteiger charge is 2.35. The van der Waals surface area contributed by atoms with E-state index in [-0.39, 0.29) is 34.6 Å². The lowest BCUT2D eigenvalue weighted by atomic mass is 9.83. The predicted molar refractivity (Wildman–Crippen MR) is 171 cm³/mol. The van der Waals surface area contributed by atoms with Crippen LogP contribution in [0.4, 0.5) is 11.4 Å². The fraction of sp³-hybridized carbons (Fsp3) is 0.429. The molecule has 9 heteroatoms. The number of rotatable bonds is 4. The highest BCUT2D eigenvalue weighted by Crippen LogP contribution is 2.39. The van der Waals surface area contributed by atoms with Crippen LogP contribution in [0.25, 0.3) is 0 Å². The van der Waals surface area contributed by atoms with Gasteiger partial charge in [0.05, 0.1) is 11.4 Å². The van der Waals surface area contributed by atoms with Gasteiger partial charge in [-0.2, -0.15) is 0 Å². The minimum absolute atomic E-state index is 0.0146. The van der Waals surface area contributed by atoms with Crippen molar-refractivity contribution in [2.45, 2.75) is 52.0 Å². The highest BCUT2D eigenvalue weighted by atomic mass is 16.2. The molecule has 2 bridgehead atoms. The van der Waals surface area contributed by atoms with Crippen molar-refractivity contribution < 1.29 is 14.4 Å². The molecule has 3 aliphatic heterocycles. The number of piperidine rings is 1. The first-order valence-electron chi connectivity index (χ1n) is 15.5. The van der Waals surface area contributed by atoms with Crippen molar-refractivity contribution in [3.63, 3.8) is 0 Å². The Morgan fingerprint density at radius 3 is 2.18 bits per heavy atom. The van der Waals surface area contributed by atoms with Gasteiger partial charge in [0.2, 0.25) is 5.91 Å². The van der Waals surface area contributed by atoms with Crippen molar-refractivity contribution in [2.75, 3.05) is 49.5 Å². The number of nitrogens with zero attached hydrogens (tertiary/aromatic N) is 4. The summed E-state index contributed by atoms with van der Waals surface area (Å²) < 4.78 is 1.91. The molecule has 3 amide bonds. The molecule has 2 saturated heterocycles. The molecule has 2 atom stereocenters. The van der Waals surface area contributed by atoms with Crippen LogP contribution in [-0.4, -0.2) is 71.4 Å². The molecule has 3 aliphatic rings. The number of carbonyl (C=O) groups is 3. The molecular weight excluding hydrogens is 554 g/mol. The lowest BCUT2D eigenvalue weighted by molar-refractivity contribution is -0.130. The highest BCUT2D eigenvalue weighted by molar-refractivity contribution is 6.07. The monoisotopic (exact) mass is 595 g/mol. The zero-order chi connectivity index (χ0) is 31.2. The molecule has 6 rings (SSSR count). The van der Waals surface area contributed by atoms with Crippen LogP contribution in [0.2, 0.25) is 0 Å². The Bertz CT molecular complexity index is 1650. The third-order valence-corrected chi connectivity index (χ3v) is 9.34. The Morgan fingerprint density at radius 1 is 0.818 bits per heavy atom. The number of carbonyl (C=O) groups excluding carboxylic acids is 3. The van der Waals surface area contributed by atoms with Crippen LogP contribution < -0.4 is 15.8 Å². The molecule has 0 spiro atoms. The summed E-state index contributed by atoms with van der Waals surface area (Å²) >= 11 is 0. The molecular formula is C35H41N5O4. The number of anilines is 2. The van der Waals surface area contributed by atoms with E-state index in [1.54, 1.807) is 28.9 Å². The van der Waals surface area contributed by atoms with Gasteiger partial charge in [-0.1, -0.05) is 39.0 Å². The van der Waals surface area contributed by atoms with Gasteiger partial charge >= 0.3 is 0 Å². The van der Waals surface area contributed by atoms with Gasteiger partial charge in [0.15, 0.2) is 0 Å². The molecule has 1 aromatic heterocycles. The molecule has 230 valence electrons. The normalized spacial score (nSPS) is 19.8. The van der Waals surface area contributed by atoms with Crippen LogP contribution in [0.3, 0.4) is 0 Å². The van der Waals surface area contributed by atoms with Gasteiger partial charge in [-0.3, -0.25) is 19.2 Å². The Labute approximate surface area is 258 Å². The van der Waals surface area contributed by atoms with Gasteiger partial charge in [0, 0.05) is 81.5 Å². The predicted octanol–water partition coefficient (Wildman–Crippen LogP) is 4.33. The molecule has 2 fully saturated rings. The first kappa shape index (κ1) is 29.7. The van der Waals surface area contributed by atoms with Crippen LogP contribution in [0, 0.1) is 5.92 Å². The number of fused-ring (bicyclic) bond motifs is 4. The maximum Gasteiger partial charge on any atom is 0.255 e. The molecule has 0 radical (unpaired) electrons. The van der Waals surface area contributed by atoms with E-state index in [4.69, 9.17) is 0 Å². The standard InChI is InChI=1S/C35H41N5O4/c1-23(41)37-14-16-38(17-15-37)34(44)26-10-13-31(29(19-26)36-33(43)25-8-11-28(12-9-25)35(2,3)4)39-20-24-18-27(22-39)30-6-5-7-32(42)40(30)21-24/h5-13,19,24,27H,14-18,20-22H2,1-4H3,(H,36,43). The van der Waals surface area contributed by atoms with E-state index < -0.39 is 0 Å². The van der Waals surface area contributed by atoms with E-state index in [1.807, 2.05) is 53.1 Å². The Balaban J connectivity index is 1.30. The van der Waals surface area contributed by atoms with Crippen LogP contribution in [-0.2, 0) is 16.8 Å². The number of benzene rings is 2. The van der Waals surface area contributed by atoms with Crippen LogP contribution in [0.5, 0.6) is 0 Å². The number of hydrogen-bond acceptors (Lipinski definition) is 5. The van der Waals surface area contributed by atoms with E-state index in [1.165, 1.54) is 0 Å². The first-order valence-corrected chi connectivity index (χ1v) is 15.5. The average Bonchev–Trinajstić information content (AvgIpc) is 3.01. The van der Waals surface area contributed by atoms with Crippen molar-refractivity contribution in [2.24, 2.45) is 5.92 Å². The molecule has 1 N–H and O–H groups in total. The second-order valence-electron chi connectivity index (χ2n) is 13.4. The maximum absolute atomic E-state index is 13.6. The third-order valence-electron chi connectivity index (χ3n) is 9.34. The molecule has 0 saturated carbocycles. The van der Waals surface area contributed by atoms with Crippen LogP contribution in [0.15, 0.2) is 65.5 Å². The van der Waals surface area contributed by atoms with Gasteiger partial charge in [-0.25, -0.2) is 0 Å². The Hall–Kier alpha value is -4.40. The van der Waals surface area contributed by atoms with Crippen LogP contribution in [0.1, 0.15) is 72.0 Å². The summed E-state index contributed by atoms with van der Waals surface area (Å²) in [5.41, 5.74) is 4.72. The molecule has 0 aliphatic carbocycles. The molecule has 3 aromatic rings. The van der Waals surface area contributed by atoms with Gasteiger partial charge < -0.3 is 24.6 Å². The number of pyridine rings is 1. The van der Waals surface area contributed by atoms with Crippen molar-refractivity contribution in [3.05, 3.63) is 93.4 Å². The second kappa shape index (κ2) is 11.6. The fourth-order valence-corrected chi connectivity index (χ4v) is 6.86. The van der Waals surface area contributed by atoms with Gasteiger partial charge in [-0.05, 0) is 59.7 Å². The van der Waals surface area contributed by atoms with Gasteiger partial charge in [0.1, 0.15) is 0 Å². The van der Waals surface area contributed by atoms with Gasteiger partial charge in [-0.15, -0.1) is 0 Å². The summed E-state index contributed by atoms with van der Waals surface area (Å²) in [7, 11) is 0. The maximum atomic E-state index is 13.6. The second-order valence-corrected chi connectivity index (χ2v) is 13.4. The molecule has 9 nitrogen and oxygen atoms in total. The van der Waals surface area contributed by atoms with E-state index in [9.17, 15) is 19.2 Å². The average molecular weight is 596 g/mol. The first-order chi connectivity index (χ1) is 21.0. The van der Waals surface area contributed by atoms with Crippen LogP contribution >= 0.6 is 0 Å². The topological polar surface area (TPSA) is 95.0 Å². The molecule has 2 aromatic carbocycles. The number of amides is 3. The molecule has 44 heavy (non-hydrogen) atoms. The van der Waals surface area contributed by atoms with Crippen molar-refractivity contribution >= 4 is 29.1 Å². The Morgan fingerprint density at radius 2 is 1.50 bits per heavy atom. The zero-order valence-electron chi connectivity index (χ0n) is 26.0. The van der Waals surface area contributed by atoms with Crippen molar-refractivity contribution in [1.82, 2.24) is 14.4 Å². The van der Waals surface area contributed by atoms with E-state index in [2.05, 4.69) is 31.0 Å². The lowest BCUT2D eigenvalue weighted by Crippen LogP contribution is -2.50. The molecule has 4 heterocycles. The zero-order valence-corrected chi connectivity index (χ0v) is 26.0. The minimum Gasteiger partial charge on any atom is -0.369 e. The summed E-state index contributed by atoms with van der Waals surface area (Å²) in [6, 6.07) is 18.7. The summed E-state index contributed by atoms with van der Waals surface area (Å²) in [5, 5.41) is 3.14.